The number of amides is 1. The van der Waals surface area contributed by atoms with Crippen molar-refractivity contribution in [2.24, 2.45) is 0 Å². The fraction of sp³-hybridized carbons (Fsp3) is 0.562. The number of sulfonamides is 1. The van der Waals surface area contributed by atoms with Gasteiger partial charge in [0, 0.05) is 13.1 Å². The second-order valence-corrected chi connectivity index (χ2v) is 8.07. The highest BCUT2D eigenvalue weighted by Gasteiger charge is 2.19. The van der Waals surface area contributed by atoms with Crippen LogP contribution in [0.2, 0.25) is 0 Å². The van der Waals surface area contributed by atoms with Gasteiger partial charge in [-0.3, -0.25) is 4.79 Å². The number of hydrogen-bond acceptors (Lipinski definition) is 4. The second-order valence-electron chi connectivity index (χ2n) is 6.24. The molecule has 0 saturated carbocycles. The third-order valence-corrected chi connectivity index (χ3v) is 4.20. The topological polar surface area (TPSA) is 95.5 Å². The van der Waals surface area contributed by atoms with Crippen molar-refractivity contribution in [1.29, 1.82) is 0 Å². The highest BCUT2D eigenvalue weighted by atomic mass is 32.2. The minimum atomic E-state index is -3.28. The first-order chi connectivity index (χ1) is 10.5. The van der Waals surface area contributed by atoms with E-state index in [9.17, 15) is 18.3 Å². The van der Waals surface area contributed by atoms with Crippen LogP contribution in [0, 0.1) is 0 Å². The zero-order valence-electron chi connectivity index (χ0n) is 14.3. The summed E-state index contributed by atoms with van der Waals surface area (Å²) < 4.78 is 24.2. The van der Waals surface area contributed by atoms with Gasteiger partial charge in [-0.1, -0.05) is 33.8 Å². The van der Waals surface area contributed by atoms with Crippen molar-refractivity contribution in [3.63, 3.8) is 0 Å². The van der Waals surface area contributed by atoms with Crippen LogP contribution in [-0.4, -0.2) is 38.8 Å². The lowest BCUT2D eigenvalue weighted by molar-refractivity contribution is 0.0951. The minimum Gasteiger partial charge on any atom is -0.507 e. The van der Waals surface area contributed by atoms with E-state index in [1.165, 1.54) is 0 Å². The van der Waals surface area contributed by atoms with Gasteiger partial charge in [0.25, 0.3) is 5.91 Å². The van der Waals surface area contributed by atoms with Crippen LogP contribution >= 0.6 is 0 Å². The van der Waals surface area contributed by atoms with Gasteiger partial charge in [-0.25, -0.2) is 13.1 Å². The molecule has 130 valence electrons. The summed E-state index contributed by atoms with van der Waals surface area (Å²) in [5.74, 6) is -0.112. The summed E-state index contributed by atoms with van der Waals surface area (Å²) in [7, 11) is -3.28. The molecule has 0 spiro atoms. The summed E-state index contributed by atoms with van der Waals surface area (Å²) in [6.45, 7) is 8.21. The van der Waals surface area contributed by atoms with E-state index in [-0.39, 0.29) is 36.2 Å². The quantitative estimate of drug-likeness (QED) is 0.660. The minimum absolute atomic E-state index is 0.0158. The Balaban J connectivity index is 2.95. The van der Waals surface area contributed by atoms with Gasteiger partial charge in [0.2, 0.25) is 10.0 Å². The van der Waals surface area contributed by atoms with Gasteiger partial charge in [0.05, 0.1) is 11.8 Å². The van der Waals surface area contributed by atoms with E-state index < -0.39 is 15.9 Å². The summed E-state index contributed by atoms with van der Waals surface area (Å²) in [5.41, 5.74) is 1.93. The molecule has 0 aliphatic rings. The van der Waals surface area contributed by atoms with Crippen LogP contribution in [0.3, 0.4) is 0 Å². The van der Waals surface area contributed by atoms with Crippen molar-refractivity contribution in [2.75, 3.05) is 19.3 Å². The molecule has 0 atom stereocenters. The van der Waals surface area contributed by atoms with E-state index in [1.54, 1.807) is 6.07 Å². The maximum atomic E-state index is 12.3. The third-order valence-electron chi connectivity index (χ3n) is 3.47. The number of phenols is 1. The van der Waals surface area contributed by atoms with E-state index >= 15 is 0 Å². The summed E-state index contributed by atoms with van der Waals surface area (Å²) >= 11 is 0. The lowest BCUT2D eigenvalue weighted by Gasteiger charge is -2.17. The van der Waals surface area contributed by atoms with E-state index in [1.807, 2.05) is 33.8 Å². The van der Waals surface area contributed by atoms with Crippen molar-refractivity contribution in [2.45, 2.75) is 39.5 Å². The molecule has 23 heavy (non-hydrogen) atoms. The largest absolute Gasteiger partial charge is 0.507 e. The lowest BCUT2D eigenvalue weighted by atomic mass is 9.91. The number of carbonyl (C=O) groups is 1. The average Bonchev–Trinajstić information content (AvgIpc) is 2.41. The molecule has 0 heterocycles. The van der Waals surface area contributed by atoms with Crippen LogP contribution < -0.4 is 10.0 Å². The lowest BCUT2D eigenvalue weighted by Crippen LogP contribution is -2.34. The average molecular weight is 342 g/mol. The van der Waals surface area contributed by atoms with E-state index in [0.717, 1.165) is 17.4 Å². The number of phenolic OH excluding ortho intramolecular Hbond substituents is 1. The Morgan fingerprint density at radius 1 is 1.13 bits per heavy atom. The van der Waals surface area contributed by atoms with Crippen LogP contribution in [0.25, 0.3) is 0 Å². The van der Waals surface area contributed by atoms with Crippen LogP contribution in [0.1, 0.15) is 61.0 Å². The Morgan fingerprint density at radius 2 is 1.74 bits per heavy atom. The standard InChI is InChI=1S/C16H26N2O4S/c1-10(2)12-8-13(11(3)4)15(19)14(9-12)16(20)17-6-7-18-23(5,21)22/h8-11,18-19H,6-7H2,1-5H3,(H,17,20). The Hall–Kier alpha value is -1.60. The SMILES string of the molecule is CC(C)c1cc(C(=O)NCCNS(C)(=O)=O)c(O)c(C(C)C)c1. The van der Waals surface area contributed by atoms with Gasteiger partial charge >= 0.3 is 0 Å². The summed E-state index contributed by atoms with van der Waals surface area (Å²) in [6, 6.07) is 3.61. The molecule has 7 heteroatoms. The highest BCUT2D eigenvalue weighted by molar-refractivity contribution is 7.88. The van der Waals surface area contributed by atoms with Crippen molar-refractivity contribution in [1.82, 2.24) is 10.0 Å². The summed E-state index contributed by atoms with van der Waals surface area (Å²) in [5, 5.41) is 13.0. The van der Waals surface area contributed by atoms with Crippen molar-refractivity contribution in [3.05, 3.63) is 28.8 Å². The molecular formula is C16H26N2O4S. The van der Waals surface area contributed by atoms with E-state index in [4.69, 9.17) is 0 Å². The van der Waals surface area contributed by atoms with E-state index in [2.05, 4.69) is 10.0 Å². The van der Waals surface area contributed by atoms with Crippen molar-refractivity contribution >= 4 is 15.9 Å². The van der Waals surface area contributed by atoms with Gasteiger partial charge < -0.3 is 10.4 Å². The van der Waals surface area contributed by atoms with Gasteiger partial charge in [0.1, 0.15) is 5.75 Å². The predicted molar refractivity (Wildman–Crippen MR) is 91.5 cm³/mol. The van der Waals surface area contributed by atoms with Crippen LogP contribution in [0.5, 0.6) is 5.75 Å². The van der Waals surface area contributed by atoms with Crippen molar-refractivity contribution in [3.8, 4) is 5.75 Å². The zero-order chi connectivity index (χ0) is 17.8. The first-order valence-electron chi connectivity index (χ1n) is 7.62. The zero-order valence-corrected chi connectivity index (χ0v) is 15.1. The predicted octanol–water partition coefficient (Wildman–Crippen LogP) is 1.92. The molecule has 0 aromatic heterocycles. The first kappa shape index (κ1) is 19.4. The maximum absolute atomic E-state index is 12.3. The first-order valence-corrected chi connectivity index (χ1v) is 9.51. The molecule has 0 saturated heterocycles. The van der Waals surface area contributed by atoms with Crippen LogP contribution in [0.15, 0.2) is 12.1 Å². The van der Waals surface area contributed by atoms with Gasteiger partial charge in [-0.15, -0.1) is 0 Å². The fourth-order valence-corrected chi connectivity index (χ4v) is 2.61. The molecule has 0 bridgehead atoms. The molecule has 3 N–H and O–H groups in total. The van der Waals surface area contributed by atoms with Crippen LogP contribution in [-0.2, 0) is 10.0 Å². The highest BCUT2D eigenvalue weighted by Crippen LogP contribution is 2.32. The molecule has 0 radical (unpaired) electrons. The number of benzene rings is 1. The summed E-state index contributed by atoms with van der Waals surface area (Å²) in [6.07, 6.45) is 1.06. The molecule has 0 fully saturated rings. The number of nitrogens with one attached hydrogen (secondary N) is 2. The Morgan fingerprint density at radius 3 is 2.22 bits per heavy atom. The van der Waals surface area contributed by atoms with Gasteiger partial charge in [0.15, 0.2) is 0 Å². The number of aromatic hydroxyl groups is 1. The number of carbonyl (C=O) groups excluding carboxylic acids is 1. The molecule has 6 nitrogen and oxygen atoms in total. The Labute approximate surface area is 138 Å². The number of rotatable bonds is 7. The Kier molecular flexibility index (Phi) is 6.58. The maximum Gasteiger partial charge on any atom is 0.255 e. The normalized spacial score (nSPS) is 12.0. The molecule has 0 aliphatic carbocycles. The smallest absolute Gasteiger partial charge is 0.255 e. The molecule has 1 aromatic rings. The Bertz CT molecular complexity index is 667. The molecule has 0 aliphatic heterocycles. The van der Waals surface area contributed by atoms with Gasteiger partial charge in [-0.2, -0.15) is 0 Å². The molecule has 1 rings (SSSR count). The molecule has 1 amide bonds. The second kappa shape index (κ2) is 7.79. The molecule has 1 aromatic carbocycles. The molecular weight excluding hydrogens is 316 g/mol. The van der Waals surface area contributed by atoms with E-state index in [0.29, 0.717) is 0 Å². The molecule has 0 unspecified atom stereocenters. The monoisotopic (exact) mass is 342 g/mol. The summed E-state index contributed by atoms with van der Waals surface area (Å²) in [4.78, 5) is 12.3. The van der Waals surface area contributed by atoms with Crippen molar-refractivity contribution < 1.29 is 18.3 Å². The third kappa shape index (κ3) is 5.84. The van der Waals surface area contributed by atoms with Crippen LogP contribution in [0.4, 0.5) is 0 Å². The fourth-order valence-electron chi connectivity index (χ4n) is 2.13. The van der Waals surface area contributed by atoms with Gasteiger partial charge in [-0.05, 0) is 29.0 Å². The number of hydrogen-bond donors (Lipinski definition) is 3.